The highest BCUT2D eigenvalue weighted by Crippen LogP contribution is 2.46. The molecule has 160 valence electrons. The van der Waals surface area contributed by atoms with Gasteiger partial charge < -0.3 is 0 Å². The summed E-state index contributed by atoms with van der Waals surface area (Å²) in [5, 5.41) is 1.16. The zero-order chi connectivity index (χ0) is 22.7. The molecule has 0 aliphatic rings. The Labute approximate surface area is 200 Å². The van der Waals surface area contributed by atoms with Crippen LogP contribution in [0.5, 0.6) is 0 Å². The lowest BCUT2D eigenvalue weighted by Crippen LogP contribution is -1.95. The van der Waals surface area contributed by atoms with Crippen LogP contribution < -0.4 is 0 Å². The molecule has 0 spiro atoms. The van der Waals surface area contributed by atoms with E-state index >= 15 is 0 Å². The largest absolute Gasteiger partial charge is 0.256 e. The van der Waals surface area contributed by atoms with Gasteiger partial charge in [0.1, 0.15) is 0 Å². The first-order chi connectivity index (χ1) is 16.9. The van der Waals surface area contributed by atoms with Crippen LogP contribution >= 0.6 is 0 Å². The molecule has 1 nitrogen and oxygen atoms in total. The van der Waals surface area contributed by atoms with E-state index < -0.39 is 0 Å². The predicted octanol–water partition coefficient (Wildman–Crippen LogP) is 8.90. The maximum atomic E-state index is 4.65. The zero-order valence-corrected chi connectivity index (χ0v) is 18.7. The van der Waals surface area contributed by atoms with Crippen molar-refractivity contribution in [3.8, 4) is 44.5 Å². The van der Waals surface area contributed by atoms with Gasteiger partial charge in [0.25, 0.3) is 0 Å². The lowest BCUT2D eigenvalue weighted by atomic mass is 9.82. The highest BCUT2D eigenvalue weighted by molar-refractivity contribution is 6.07. The van der Waals surface area contributed by atoms with E-state index in [9.17, 15) is 0 Å². The second kappa shape index (κ2) is 8.80. The number of hydrogen-bond acceptors (Lipinski definition) is 1. The minimum absolute atomic E-state index is 1.00. The Kier molecular flexibility index (Phi) is 5.21. The molecule has 0 saturated heterocycles. The third-order valence-corrected chi connectivity index (χ3v) is 6.36. The van der Waals surface area contributed by atoms with Crippen LogP contribution in [-0.4, -0.2) is 4.98 Å². The van der Waals surface area contributed by atoms with Crippen LogP contribution in [0.15, 0.2) is 140 Å². The molecule has 0 bridgehead atoms. The third kappa shape index (κ3) is 3.58. The van der Waals surface area contributed by atoms with Crippen LogP contribution in [0, 0.1) is 0 Å². The summed E-state index contributed by atoms with van der Waals surface area (Å²) in [5.41, 5.74) is 10.7. The van der Waals surface area contributed by atoms with Crippen molar-refractivity contribution in [2.24, 2.45) is 0 Å². The van der Waals surface area contributed by atoms with Gasteiger partial charge in [0.15, 0.2) is 0 Å². The van der Waals surface area contributed by atoms with Gasteiger partial charge in [-0.3, -0.25) is 4.98 Å². The predicted molar refractivity (Wildman–Crippen MR) is 143 cm³/mol. The molecule has 0 saturated carbocycles. The van der Waals surface area contributed by atoms with E-state index in [0.717, 1.165) is 10.9 Å². The number of fused-ring (bicyclic) bond motifs is 1. The molecular weight excluding hydrogens is 410 g/mol. The molecule has 0 amide bonds. The van der Waals surface area contributed by atoms with Crippen LogP contribution in [0.25, 0.3) is 55.4 Å². The summed E-state index contributed by atoms with van der Waals surface area (Å²) in [6, 6.07) is 47.2. The van der Waals surface area contributed by atoms with E-state index in [4.69, 9.17) is 0 Å². The lowest BCUT2D eigenvalue weighted by molar-refractivity contribution is 1.41. The van der Waals surface area contributed by atoms with Gasteiger partial charge in [0, 0.05) is 11.6 Å². The molecule has 0 fully saturated rings. The van der Waals surface area contributed by atoms with E-state index in [0.29, 0.717) is 0 Å². The molecule has 0 N–H and O–H groups in total. The highest BCUT2D eigenvalue weighted by Gasteiger charge is 2.20. The summed E-state index contributed by atoms with van der Waals surface area (Å²) in [6.07, 6.45) is 1.93. The molecule has 0 atom stereocenters. The summed E-state index contributed by atoms with van der Waals surface area (Å²) in [7, 11) is 0. The molecule has 1 heterocycles. The number of pyridine rings is 1. The van der Waals surface area contributed by atoms with Crippen molar-refractivity contribution >= 4 is 10.9 Å². The smallest absolute Gasteiger partial charge is 0.0708 e. The normalized spacial score (nSPS) is 10.9. The van der Waals surface area contributed by atoms with Crippen molar-refractivity contribution in [1.29, 1.82) is 0 Å². The van der Waals surface area contributed by atoms with Gasteiger partial charge in [-0.2, -0.15) is 0 Å². The number of benzene rings is 5. The van der Waals surface area contributed by atoms with Crippen LogP contribution in [0.3, 0.4) is 0 Å². The standard InChI is InChI=1S/C33H23N/c1-4-12-24(13-5-1)27-20-21-28(25-14-6-2-7-15-25)33(32(27)26-16-8-3-9-17-26)30-22-23-34-31-19-11-10-18-29(30)31/h1-23H. The van der Waals surface area contributed by atoms with Gasteiger partial charge in [-0.25, -0.2) is 0 Å². The minimum atomic E-state index is 1.00. The van der Waals surface area contributed by atoms with Crippen molar-refractivity contribution < 1.29 is 0 Å². The maximum absolute atomic E-state index is 4.65. The zero-order valence-electron chi connectivity index (χ0n) is 18.7. The third-order valence-electron chi connectivity index (χ3n) is 6.36. The average molecular weight is 434 g/mol. The first-order valence-corrected chi connectivity index (χ1v) is 11.6. The summed E-state index contributed by atoms with van der Waals surface area (Å²) in [6.45, 7) is 0. The van der Waals surface area contributed by atoms with Crippen LogP contribution in [0.2, 0.25) is 0 Å². The van der Waals surface area contributed by atoms with E-state index in [1.54, 1.807) is 0 Å². The SMILES string of the molecule is c1ccc(-c2ccc(-c3ccccc3)c(-c3ccnc4ccccc34)c2-c2ccccc2)cc1. The second-order valence-corrected chi connectivity index (χ2v) is 8.38. The summed E-state index contributed by atoms with van der Waals surface area (Å²) in [5.74, 6) is 0. The molecule has 1 aromatic heterocycles. The van der Waals surface area contributed by atoms with Crippen LogP contribution in [0.1, 0.15) is 0 Å². The van der Waals surface area contributed by atoms with Crippen molar-refractivity contribution in [1.82, 2.24) is 4.98 Å². The topological polar surface area (TPSA) is 12.9 Å². The second-order valence-electron chi connectivity index (χ2n) is 8.38. The number of nitrogens with zero attached hydrogens (tertiary/aromatic N) is 1. The first-order valence-electron chi connectivity index (χ1n) is 11.6. The fourth-order valence-electron chi connectivity index (χ4n) is 4.82. The van der Waals surface area contributed by atoms with Crippen molar-refractivity contribution in [2.75, 3.05) is 0 Å². The molecule has 1 heteroatoms. The maximum Gasteiger partial charge on any atom is 0.0708 e. The number of hydrogen-bond donors (Lipinski definition) is 0. The molecular formula is C33H23N. The van der Waals surface area contributed by atoms with Crippen molar-refractivity contribution in [3.63, 3.8) is 0 Å². The Balaban J connectivity index is 1.79. The molecule has 6 rings (SSSR count). The number of aromatic nitrogens is 1. The first kappa shape index (κ1) is 20.1. The average Bonchev–Trinajstić information content (AvgIpc) is 2.93. The number of para-hydroxylation sites is 1. The van der Waals surface area contributed by atoms with Crippen molar-refractivity contribution in [3.05, 3.63) is 140 Å². The lowest BCUT2D eigenvalue weighted by Gasteiger charge is -2.21. The van der Waals surface area contributed by atoms with Crippen LogP contribution in [0.4, 0.5) is 0 Å². The molecule has 0 unspecified atom stereocenters. The van der Waals surface area contributed by atoms with Crippen LogP contribution in [-0.2, 0) is 0 Å². The van der Waals surface area contributed by atoms with E-state index in [1.165, 1.54) is 44.5 Å². The van der Waals surface area contributed by atoms with E-state index in [-0.39, 0.29) is 0 Å². The Morgan fingerprint density at radius 2 is 0.853 bits per heavy atom. The van der Waals surface area contributed by atoms with Gasteiger partial charge in [0.05, 0.1) is 5.52 Å². The van der Waals surface area contributed by atoms with Gasteiger partial charge >= 0.3 is 0 Å². The molecule has 0 aliphatic heterocycles. The molecule has 5 aromatic carbocycles. The van der Waals surface area contributed by atoms with Gasteiger partial charge in [-0.1, -0.05) is 121 Å². The van der Waals surface area contributed by atoms with E-state index in [1.807, 2.05) is 6.20 Å². The highest BCUT2D eigenvalue weighted by atomic mass is 14.6. The molecule has 0 aliphatic carbocycles. The summed E-state index contributed by atoms with van der Waals surface area (Å²) < 4.78 is 0. The molecule has 0 radical (unpaired) electrons. The Morgan fingerprint density at radius 1 is 0.353 bits per heavy atom. The van der Waals surface area contributed by atoms with Crippen molar-refractivity contribution in [2.45, 2.75) is 0 Å². The minimum Gasteiger partial charge on any atom is -0.256 e. The van der Waals surface area contributed by atoms with Gasteiger partial charge in [-0.05, 0) is 56.6 Å². The van der Waals surface area contributed by atoms with Gasteiger partial charge in [-0.15, -0.1) is 0 Å². The Morgan fingerprint density at radius 3 is 1.47 bits per heavy atom. The fourth-order valence-corrected chi connectivity index (χ4v) is 4.82. The Bertz CT molecular complexity index is 1560. The molecule has 6 aromatic rings. The van der Waals surface area contributed by atoms with E-state index in [2.05, 4.69) is 138 Å². The van der Waals surface area contributed by atoms with Gasteiger partial charge in [0.2, 0.25) is 0 Å². The fraction of sp³-hybridized carbons (Fsp3) is 0. The molecule has 34 heavy (non-hydrogen) atoms. The quantitative estimate of drug-likeness (QED) is 0.270. The monoisotopic (exact) mass is 433 g/mol. The number of rotatable bonds is 4. The summed E-state index contributed by atoms with van der Waals surface area (Å²) >= 11 is 0. The Hall–Kier alpha value is -4.49. The summed E-state index contributed by atoms with van der Waals surface area (Å²) in [4.78, 5) is 4.65.